The number of hydrogen-bond acceptors (Lipinski definition) is 5. The second-order valence-electron chi connectivity index (χ2n) is 3.78. The second kappa shape index (κ2) is 6.64. The van der Waals surface area contributed by atoms with Crippen LogP contribution in [0.1, 0.15) is 12.7 Å². The maximum atomic E-state index is 12.2. The van der Waals surface area contributed by atoms with Crippen molar-refractivity contribution in [3.63, 3.8) is 0 Å². The van der Waals surface area contributed by atoms with Gasteiger partial charge in [-0.3, -0.25) is 0 Å². The van der Waals surface area contributed by atoms with Crippen molar-refractivity contribution in [1.29, 1.82) is 0 Å². The quantitative estimate of drug-likeness (QED) is 0.322. The summed E-state index contributed by atoms with van der Waals surface area (Å²) < 4.78 is 119. The van der Waals surface area contributed by atoms with E-state index in [2.05, 4.69) is 0 Å². The van der Waals surface area contributed by atoms with E-state index in [0.717, 1.165) is 6.20 Å². The van der Waals surface area contributed by atoms with Crippen LogP contribution in [0.2, 0.25) is 0 Å². The molecule has 1 aromatic heterocycles. The van der Waals surface area contributed by atoms with Gasteiger partial charge in [-0.1, -0.05) is 0 Å². The molecule has 0 aliphatic carbocycles. The van der Waals surface area contributed by atoms with E-state index in [9.17, 15) is 34.8 Å². The van der Waals surface area contributed by atoms with E-state index >= 15 is 0 Å². The average Bonchev–Trinajstić information content (AvgIpc) is 2.67. The molecule has 0 bridgehead atoms. The Morgan fingerprint density at radius 1 is 1.09 bits per heavy atom. The maximum absolute atomic E-state index is 12.2. The van der Waals surface area contributed by atoms with Crippen LogP contribution in [-0.4, -0.2) is 36.4 Å². The van der Waals surface area contributed by atoms with E-state index in [4.69, 9.17) is 13.0 Å². The molecule has 0 aliphatic rings. The molecule has 1 rings (SSSR count). The molecular weight excluding hydrogens is 382 g/mol. The van der Waals surface area contributed by atoms with Crippen molar-refractivity contribution in [1.82, 2.24) is 3.97 Å². The first-order chi connectivity index (χ1) is 9.96. The Kier molecular flexibility index (Phi) is 6.25. The summed E-state index contributed by atoms with van der Waals surface area (Å²) in [6.07, 6.45) is 2.18. The third kappa shape index (κ3) is 5.07. The number of imidazole rings is 1. The van der Waals surface area contributed by atoms with Crippen LogP contribution >= 0.6 is 0 Å². The van der Waals surface area contributed by atoms with Crippen LogP contribution in [0, 0.1) is 6.92 Å². The Bertz CT molecular complexity index is 747. The van der Waals surface area contributed by atoms with Gasteiger partial charge in [0.2, 0.25) is 0 Å². The number of aryl methyl sites for hydroxylation is 1. The van der Waals surface area contributed by atoms with E-state index in [1.807, 2.05) is 0 Å². The van der Waals surface area contributed by atoms with Crippen molar-refractivity contribution < 1.29 is 52.3 Å². The fraction of sp³-hybridized carbons (Fsp3) is 0.625. The van der Waals surface area contributed by atoms with Crippen molar-refractivity contribution in [3.05, 3.63) is 18.2 Å². The summed E-state index contributed by atoms with van der Waals surface area (Å²) in [5.74, 6) is 0.0230. The molecule has 136 valence electrons. The normalized spacial score (nSPS) is 13.4. The monoisotopic (exact) mass is 392 g/mol. The highest BCUT2D eigenvalue weighted by atomic mass is 32.2. The molecule has 7 nitrogen and oxygen atoms in total. The standard InChI is InChI=1S/C7H10F3N2O2S.CHF3O3S/c1-3-11-4-5-12(6(11)2)15(13,14)7(8,9)10;2-1(3,4)8(5,6)7/h4-5H,3H2,1-2H3;(H,5,6,7)/q+1;/p-1. The molecule has 1 aromatic rings. The molecule has 0 atom stereocenters. The SMILES string of the molecule is CC[n+]1ccn(S(=O)(=O)C(F)(F)F)c1C.O=S(=O)([O-])C(F)(F)F. The van der Waals surface area contributed by atoms with E-state index < -0.39 is 31.2 Å². The predicted molar refractivity (Wildman–Crippen MR) is 61.2 cm³/mol. The van der Waals surface area contributed by atoms with Crippen LogP contribution in [0.15, 0.2) is 12.4 Å². The summed E-state index contributed by atoms with van der Waals surface area (Å²) in [5, 5.41) is 0. The Balaban J connectivity index is 0.000000515. The summed E-state index contributed by atoms with van der Waals surface area (Å²) in [6, 6.07) is 0. The van der Waals surface area contributed by atoms with Gasteiger partial charge in [0.1, 0.15) is 12.4 Å². The molecule has 0 fully saturated rings. The Morgan fingerprint density at radius 3 is 1.70 bits per heavy atom. The summed E-state index contributed by atoms with van der Waals surface area (Å²) in [7, 11) is -11.4. The van der Waals surface area contributed by atoms with Gasteiger partial charge < -0.3 is 4.55 Å². The summed E-state index contributed by atoms with van der Waals surface area (Å²) >= 11 is 0. The fourth-order valence-electron chi connectivity index (χ4n) is 1.18. The molecule has 23 heavy (non-hydrogen) atoms. The lowest BCUT2D eigenvalue weighted by molar-refractivity contribution is -0.698. The molecular formula is C8H10F6N2O5S2. The minimum atomic E-state index is -6.09. The lowest BCUT2D eigenvalue weighted by Crippen LogP contribution is -2.37. The predicted octanol–water partition coefficient (Wildman–Crippen LogP) is 0.853. The molecule has 0 radical (unpaired) electrons. The zero-order chi connectivity index (χ0) is 18.9. The molecule has 0 unspecified atom stereocenters. The van der Waals surface area contributed by atoms with Gasteiger partial charge in [0.25, 0.3) is 5.82 Å². The molecule has 1 heterocycles. The smallest absolute Gasteiger partial charge is 0.537 e. The molecule has 0 spiro atoms. The lowest BCUT2D eigenvalue weighted by atomic mass is 10.6. The van der Waals surface area contributed by atoms with Crippen molar-refractivity contribution >= 4 is 20.1 Å². The highest BCUT2D eigenvalue weighted by Gasteiger charge is 2.52. The lowest BCUT2D eigenvalue weighted by Gasteiger charge is -2.08. The van der Waals surface area contributed by atoms with Gasteiger partial charge in [0.15, 0.2) is 10.1 Å². The van der Waals surface area contributed by atoms with E-state index in [0.29, 0.717) is 6.54 Å². The second-order valence-corrected chi connectivity index (χ2v) is 6.96. The first kappa shape index (κ1) is 21.6. The number of rotatable bonds is 2. The number of aromatic nitrogens is 2. The van der Waals surface area contributed by atoms with Crippen molar-refractivity contribution in [2.75, 3.05) is 0 Å². The molecule has 0 aromatic carbocycles. The molecule has 0 N–H and O–H groups in total. The van der Waals surface area contributed by atoms with Crippen LogP contribution in [0.3, 0.4) is 0 Å². The molecule has 0 saturated heterocycles. The molecule has 0 saturated carbocycles. The van der Waals surface area contributed by atoms with Crippen molar-refractivity contribution in [2.45, 2.75) is 31.4 Å². The minimum absolute atomic E-state index is 0.0230. The van der Waals surface area contributed by atoms with Gasteiger partial charge in [-0.05, 0) is 6.92 Å². The largest absolute Gasteiger partial charge is 0.741 e. The molecule has 15 heteroatoms. The van der Waals surface area contributed by atoms with E-state index in [1.54, 1.807) is 6.92 Å². The van der Waals surface area contributed by atoms with E-state index in [-0.39, 0.29) is 9.80 Å². The number of alkyl halides is 6. The fourth-order valence-corrected chi connectivity index (χ4v) is 2.07. The third-order valence-corrected chi connectivity index (χ3v) is 4.35. The maximum Gasteiger partial charge on any atom is 0.537 e. The third-order valence-electron chi connectivity index (χ3n) is 2.29. The zero-order valence-corrected chi connectivity index (χ0v) is 13.0. The van der Waals surface area contributed by atoms with Crippen molar-refractivity contribution in [3.8, 4) is 0 Å². The van der Waals surface area contributed by atoms with Crippen LogP contribution in [0.25, 0.3) is 0 Å². The number of hydrogen-bond donors (Lipinski definition) is 0. The summed E-state index contributed by atoms with van der Waals surface area (Å²) in [4.78, 5) is 0. The molecule has 0 aliphatic heterocycles. The summed E-state index contributed by atoms with van der Waals surface area (Å²) in [6.45, 7) is 3.43. The van der Waals surface area contributed by atoms with Crippen LogP contribution < -0.4 is 4.57 Å². The summed E-state index contributed by atoms with van der Waals surface area (Å²) in [5.41, 5.74) is -10.9. The van der Waals surface area contributed by atoms with Crippen LogP contribution in [0.5, 0.6) is 0 Å². The first-order valence-electron chi connectivity index (χ1n) is 5.38. The zero-order valence-electron chi connectivity index (χ0n) is 11.4. The van der Waals surface area contributed by atoms with E-state index in [1.165, 1.54) is 17.7 Å². The number of halogens is 6. The number of nitrogens with zero attached hydrogens (tertiary/aromatic N) is 2. The van der Waals surface area contributed by atoms with Crippen LogP contribution in [0.4, 0.5) is 26.3 Å². The van der Waals surface area contributed by atoms with Gasteiger partial charge in [-0.15, -0.1) is 3.97 Å². The Morgan fingerprint density at radius 2 is 1.48 bits per heavy atom. The van der Waals surface area contributed by atoms with Gasteiger partial charge in [0.05, 0.1) is 6.54 Å². The van der Waals surface area contributed by atoms with Gasteiger partial charge >= 0.3 is 21.0 Å². The van der Waals surface area contributed by atoms with Gasteiger partial charge in [-0.25, -0.2) is 13.0 Å². The Labute approximate surface area is 126 Å². The highest BCUT2D eigenvalue weighted by molar-refractivity contribution is 7.90. The minimum Gasteiger partial charge on any atom is -0.741 e. The van der Waals surface area contributed by atoms with Gasteiger partial charge in [0, 0.05) is 6.92 Å². The molecule has 0 amide bonds. The van der Waals surface area contributed by atoms with Crippen molar-refractivity contribution in [2.24, 2.45) is 0 Å². The first-order valence-corrected chi connectivity index (χ1v) is 8.23. The van der Waals surface area contributed by atoms with Crippen LogP contribution in [-0.2, 0) is 26.7 Å². The Hall–Kier alpha value is -1.35. The average molecular weight is 392 g/mol. The highest BCUT2D eigenvalue weighted by Crippen LogP contribution is 2.25. The topological polar surface area (TPSA) is 100 Å². The van der Waals surface area contributed by atoms with Gasteiger partial charge in [-0.2, -0.15) is 34.8 Å².